The molecule has 98 valence electrons. The lowest BCUT2D eigenvalue weighted by Gasteiger charge is -2.28. The van der Waals surface area contributed by atoms with E-state index in [-0.39, 0.29) is 11.9 Å². The van der Waals surface area contributed by atoms with E-state index < -0.39 is 0 Å². The van der Waals surface area contributed by atoms with Crippen LogP contribution in [0.2, 0.25) is 0 Å². The third-order valence-corrected chi connectivity index (χ3v) is 4.90. The first-order valence-electron chi connectivity index (χ1n) is 7.00. The highest BCUT2D eigenvalue weighted by molar-refractivity contribution is 5.95. The van der Waals surface area contributed by atoms with Gasteiger partial charge in [0.15, 0.2) is 0 Å². The maximum atomic E-state index is 12.1. The molecule has 2 fully saturated rings. The van der Waals surface area contributed by atoms with Gasteiger partial charge in [0.05, 0.1) is 11.8 Å². The van der Waals surface area contributed by atoms with Crippen LogP contribution in [0.5, 0.6) is 0 Å². The van der Waals surface area contributed by atoms with Gasteiger partial charge in [-0.1, -0.05) is 6.42 Å². The number of furan rings is 1. The molecule has 0 aromatic carbocycles. The van der Waals surface area contributed by atoms with Crippen molar-refractivity contribution in [2.75, 3.05) is 0 Å². The topological polar surface area (TPSA) is 42.2 Å². The Bertz CT molecular complexity index is 451. The third-order valence-electron chi connectivity index (χ3n) is 4.90. The highest BCUT2D eigenvalue weighted by Gasteiger charge is 2.42. The molecule has 1 heterocycles. The van der Waals surface area contributed by atoms with E-state index >= 15 is 0 Å². The smallest absolute Gasteiger partial charge is 0.255 e. The molecule has 3 heteroatoms. The third kappa shape index (κ3) is 1.96. The van der Waals surface area contributed by atoms with Crippen LogP contribution in [0.4, 0.5) is 0 Å². The van der Waals surface area contributed by atoms with Gasteiger partial charge in [-0.05, 0) is 56.9 Å². The molecule has 4 unspecified atom stereocenters. The van der Waals surface area contributed by atoms with Crippen molar-refractivity contribution < 1.29 is 9.21 Å². The summed E-state index contributed by atoms with van der Waals surface area (Å²) in [6, 6.07) is 2.03. The van der Waals surface area contributed by atoms with Gasteiger partial charge in [0.2, 0.25) is 0 Å². The van der Waals surface area contributed by atoms with Crippen LogP contribution in [0, 0.1) is 24.7 Å². The molecule has 4 atom stereocenters. The number of hydrogen-bond acceptors (Lipinski definition) is 2. The second-order valence-electron chi connectivity index (χ2n) is 5.99. The van der Waals surface area contributed by atoms with Gasteiger partial charge < -0.3 is 9.73 Å². The predicted molar refractivity (Wildman–Crippen MR) is 69.3 cm³/mol. The van der Waals surface area contributed by atoms with Gasteiger partial charge in [-0.3, -0.25) is 4.79 Å². The van der Waals surface area contributed by atoms with Crippen LogP contribution in [0.3, 0.4) is 0 Å². The molecule has 1 amide bonds. The Morgan fingerprint density at radius 1 is 1.44 bits per heavy atom. The van der Waals surface area contributed by atoms with Crippen molar-refractivity contribution in [1.82, 2.24) is 5.32 Å². The summed E-state index contributed by atoms with van der Waals surface area (Å²) in [6.45, 7) is 3.98. The fourth-order valence-electron chi connectivity index (χ4n) is 3.92. The zero-order chi connectivity index (χ0) is 12.7. The summed E-state index contributed by atoms with van der Waals surface area (Å²) in [7, 11) is 0. The largest absolute Gasteiger partial charge is 0.469 e. The molecule has 18 heavy (non-hydrogen) atoms. The van der Waals surface area contributed by atoms with Crippen LogP contribution in [-0.2, 0) is 0 Å². The normalized spacial score (nSPS) is 31.6. The fourth-order valence-corrected chi connectivity index (χ4v) is 3.92. The van der Waals surface area contributed by atoms with Crippen LogP contribution in [-0.4, -0.2) is 11.9 Å². The Morgan fingerprint density at radius 2 is 2.28 bits per heavy atom. The fraction of sp³-hybridized carbons (Fsp3) is 0.667. The van der Waals surface area contributed by atoms with Crippen LogP contribution < -0.4 is 5.32 Å². The van der Waals surface area contributed by atoms with Gasteiger partial charge in [-0.2, -0.15) is 0 Å². The highest BCUT2D eigenvalue weighted by atomic mass is 16.3. The number of hydrogen-bond donors (Lipinski definition) is 1. The quantitative estimate of drug-likeness (QED) is 0.891. The Kier molecular flexibility index (Phi) is 2.92. The van der Waals surface area contributed by atoms with Crippen LogP contribution in [0.1, 0.15) is 48.7 Å². The molecule has 0 spiro atoms. The molecule has 1 N–H and O–H groups in total. The van der Waals surface area contributed by atoms with Crippen molar-refractivity contribution in [2.45, 2.75) is 45.6 Å². The van der Waals surface area contributed by atoms with Gasteiger partial charge in [-0.25, -0.2) is 0 Å². The number of aryl methyl sites for hydroxylation is 1. The SMILES string of the molecule is Cc1occc1C(=O)NC(C)C1CC2CCC1C2. The minimum Gasteiger partial charge on any atom is -0.469 e. The molecule has 1 aromatic rings. The van der Waals surface area contributed by atoms with E-state index in [1.807, 2.05) is 6.92 Å². The maximum Gasteiger partial charge on any atom is 0.255 e. The molecule has 0 saturated heterocycles. The summed E-state index contributed by atoms with van der Waals surface area (Å²) in [5.41, 5.74) is 0.671. The molecular formula is C15H21NO2. The average molecular weight is 247 g/mol. The van der Waals surface area contributed by atoms with Crippen LogP contribution in [0.25, 0.3) is 0 Å². The van der Waals surface area contributed by atoms with Crippen molar-refractivity contribution in [1.29, 1.82) is 0 Å². The molecule has 2 bridgehead atoms. The Hall–Kier alpha value is -1.25. The monoisotopic (exact) mass is 247 g/mol. The van der Waals surface area contributed by atoms with Crippen LogP contribution >= 0.6 is 0 Å². The lowest BCUT2D eigenvalue weighted by atomic mass is 9.84. The maximum absolute atomic E-state index is 12.1. The molecule has 3 rings (SSSR count). The zero-order valence-electron chi connectivity index (χ0n) is 11.1. The lowest BCUT2D eigenvalue weighted by Crippen LogP contribution is -2.40. The minimum absolute atomic E-state index is 0.0107. The first-order chi connectivity index (χ1) is 8.65. The number of rotatable bonds is 3. The molecular weight excluding hydrogens is 226 g/mol. The second-order valence-corrected chi connectivity index (χ2v) is 5.99. The Morgan fingerprint density at radius 3 is 2.83 bits per heavy atom. The number of fused-ring (bicyclic) bond motifs is 2. The summed E-state index contributed by atoms with van der Waals surface area (Å²) in [5, 5.41) is 3.15. The molecule has 0 radical (unpaired) electrons. The van der Waals surface area contributed by atoms with E-state index in [0.29, 0.717) is 17.2 Å². The van der Waals surface area contributed by atoms with Gasteiger partial charge >= 0.3 is 0 Å². The van der Waals surface area contributed by atoms with E-state index in [0.717, 1.165) is 11.8 Å². The Labute approximate surface area is 108 Å². The zero-order valence-corrected chi connectivity index (χ0v) is 11.1. The Balaban J connectivity index is 1.63. The molecule has 1 aromatic heterocycles. The summed E-state index contributed by atoms with van der Waals surface area (Å²) in [4.78, 5) is 12.1. The molecule has 0 aliphatic heterocycles. The predicted octanol–water partition coefficient (Wildman–Crippen LogP) is 3.14. The van der Waals surface area contributed by atoms with Gasteiger partial charge in [0.25, 0.3) is 5.91 Å². The summed E-state index contributed by atoms with van der Waals surface area (Å²) < 4.78 is 5.18. The summed E-state index contributed by atoms with van der Waals surface area (Å²) >= 11 is 0. The van der Waals surface area contributed by atoms with Gasteiger partial charge in [0, 0.05) is 6.04 Å². The average Bonchev–Trinajstić information content (AvgIpc) is 3.03. The standard InChI is InChI=1S/C15H21NO2/c1-9(14-8-11-3-4-12(14)7-11)16-15(17)13-5-6-18-10(13)2/h5-6,9,11-12,14H,3-4,7-8H2,1-2H3,(H,16,17). The lowest BCUT2D eigenvalue weighted by molar-refractivity contribution is 0.0914. The molecule has 2 aliphatic rings. The molecule has 3 nitrogen and oxygen atoms in total. The van der Waals surface area contributed by atoms with Crippen molar-refractivity contribution in [2.24, 2.45) is 17.8 Å². The van der Waals surface area contributed by atoms with Crippen molar-refractivity contribution in [3.63, 3.8) is 0 Å². The van der Waals surface area contributed by atoms with Gasteiger partial charge in [-0.15, -0.1) is 0 Å². The minimum atomic E-state index is 0.0107. The van der Waals surface area contributed by atoms with Crippen molar-refractivity contribution in [3.8, 4) is 0 Å². The molecule has 2 saturated carbocycles. The van der Waals surface area contributed by atoms with E-state index in [9.17, 15) is 4.79 Å². The van der Waals surface area contributed by atoms with E-state index in [1.165, 1.54) is 25.7 Å². The number of carbonyl (C=O) groups excluding carboxylic acids is 1. The first kappa shape index (κ1) is 11.8. The number of nitrogens with one attached hydrogen (secondary N) is 1. The second kappa shape index (κ2) is 4.45. The van der Waals surface area contributed by atoms with E-state index in [4.69, 9.17) is 4.42 Å². The summed E-state index contributed by atoms with van der Waals surface area (Å²) in [5.74, 6) is 3.16. The molecule has 2 aliphatic carbocycles. The summed E-state index contributed by atoms with van der Waals surface area (Å²) in [6.07, 6.45) is 7.03. The number of carbonyl (C=O) groups is 1. The van der Waals surface area contributed by atoms with Gasteiger partial charge in [0.1, 0.15) is 5.76 Å². The van der Waals surface area contributed by atoms with Crippen molar-refractivity contribution in [3.05, 3.63) is 23.7 Å². The van der Waals surface area contributed by atoms with Crippen molar-refractivity contribution >= 4 is 5.91 Å². The van der Waals surface area contributed by atoms with E-state index in [1.54, 1.807) is 12.3 Å². The first-order valence-corrected chi connectivity index (χ1v) is 7.00. The highest BCUT2D eigenvalue weighted by Crippen LogP contribution is 2.49. The number of amides is 1. The van der Waals surface area contributed by atoms with Crippen LogP contribution in [0.15, 0.2) is 16.7 Å². The van der Waals surface area contributed by atoms with E-state index in [2.05, 4.69) is 12.2 Å².